The molecule has 1 amide bonds. The summed E-state index contributed by atoms with van der Waals surface area (Å²) in [6, 6.07) is 0.558. The van der Waals surface area contributed by atoms with Crippen molar-refractivity contribution in [2.24, 2.45) is 5.92 Å². The number of hydrogen-bond donors (Lipinski definition) is 2. The maximum atomic E-state index is 11.0. The van der Waals surface area contributed by atoms with Gasteiger partial charge in [0.05, 0.1) is 0 Å². The number of carbonyl (C=O) groups excluding carboxylic acids is 1. The summed E-state index contributed by atoms with van der Waals surface area (Å²) in [5, 5.41) is 6.06. The van der Waals surface area contributed by atoms with Crippen LogP contribution in [0.5, 0.6) is 0 Å². The second kappa shape index (κ2) is 4.45. The van der Waals surface area contributed by atoms with Crippen molar-refractivity contribution in [1.29, 1.82) is 0 Å². The zero-order valence-corrected chi connectivity index (χ0v) is 7.89. The van der Waals surface area contributed by atoms with E-state index < -0.39 is 0 Å². The molecule has 0 saturated carbocycles. The van der Waals surface area contributed by atoms with Crippen LogP contribution in [-0.4, -0.2) is 25.5 Å². The maximum Gasteiger partial charge on any atom is 0.220 e. The Morgan fingerprint density at radius 3 is 3.00 bits per heavy atom. The normalized spacial score (nSPS) is 25.3. The highest BCUT2D eigenvalue weighted by Gasteiger charge is 2.22. The Kier molecular flexibility index (Phi) is 3.53. The van der Waals surface area contributed by atoms with Crippen molar-refractivity contribution in [3.05, 3.63) is 0 Å². The Balaban J connectivity index is 2.26. The third kappa shape index (κ3) is 2.48. The molecule has 0 aromatic rings. The maximum absolute atomic E-state index is 11.0. The molecule has 2 N–H and O–H groups in total. The predicted octanol–water partition coefficient (Wildman–Crippen LogP) is 0.511. The number of hydrogen-bond acceptors (Lipinski definition) is 2. The summed E-state index contributed by atoms with van der Waals surface area (Å²) in [7, 11) is 1.69. The second-order valence-electron chi connectivity index (χ2n) is 3.56. The lowest BCUT2D eigenvalue weighted by Gasteiger charge is -2.18. The zero-order chi connectivity index (χ0) is 8.97. The lowest BCUT2D eigenvalue weighted by Crippen LogP contribution is -2.32. The van der Waals surface area contributed by atoms with E-state index in [0.717, 1.165) is 6.54 Å². The fourth-order valence-electron chi connectivity index (χ4n) is 1.73. The molecule has 3 heteroatoms. The molecule has 0 aromatic carbocycles. The van der Waals surface area contributed by atoms with Crippen molar-refractivity contribution < 1.29 is 4.79 Å². The summed E-state index contributed by atoms with van der Waals surface area (Å²) in [6.45, 7) is 3.25. The Morgan fingerprint density at radius 1 is 1.75 bits per heavy atom. The highest BCUT2D eigenvalue weighted by Crippen LogP contribution is 2.17. The quantitative estimate of drug-likeness (QED) is 0.648. The van der Waals surface area contributed by atoms with Gasteiger partial charge < -0.3 is 10.6 Å². The summed E-state index contributed by atoms with van der Waals surface area (Å²) < 4.78 is 0. The van der Waals surface area contributed by atoms with Crippen LogP contribution in [0, 0.1) is 5.92 Å². The molecule has 0 unspecified atom stereocenters. The largest absolute Gasteiger partial charge is 0.359 e. The van der Waals surface area contributed by atoms with Gasteiger partial charge in [0.25, 0.3) is 0 Å². The third-order valence-electron chi connectivity index (χ3n) is 2.57. The highest BCUT2D eigenvalue weighted by atomic mass is 16.1. The lowest BCUT2D eigenvalue weighted by atomic mass is 9.97. The minimum absolute atomic E-state index is 0.149. The minimum Gasteiger partial charge on any atom is -0.359 e. The Bertz CT molecular complexity index is 153. The molecule has 1 heterocycles. The molecular formula is C9H18N2O. The molecule has 1 rings (SSSR count). The van der Waals surface area contributed by atoms with Crippen LogP contribution in [0.15, 0.2) is 0 Å². The number of nitrogens with one attached hydrogen (secondary N) is 2. The third-order valence-corrected chi connectivity index (χ3v) is 2.57. The Hall–Kier alpha value is -0.570. The van der Waals surface area contributed by atoms with Gasteiger partial charge in [-0.2, -0.15) is 0 Å². The fourth-order valence-corrected chi connectivity index (χ4v) is 1.73. The number of amides is 1. The molecule has 0 bridgehead atoms. The molecule has 12 heavy (non-hydrogen) atoms. The van der Waals surface area contributed by atoms with Gasteiger partial charge in [-0.25, -0.2) is 0 Å². The van der Waals surface area contributed by atoms with Crippen LogP contribution in [0.2, 0.25) is 0 Å². The molecule has 1 fully saturated rings. The molecule has 1 saturated heterocycles. The van der Waals surface area contributed by atoms with Crippen LogP contribution < -0.4 is 10.6 Å². The van der Waals surface area contributed by atoms with E-state index in [0.29, 0.717) is 18.4 Å². The van der Waals surface area contributed by atoms with Crippen LogP contribution in [0.3, 0.4) is 0 Å². The summed E-state index contributed by atoms with van der Waals surface area (Å²) in [4.78, 5) is 11.0. The zero-order valence-electron chi connectivity index (χ0n) is 7.89. The van der Waals surface area contributed by atoms with E-state index in [1.165, 1.54) is 12.8 Å². The average molecular weight is 170 g/mol. The molecule has 3 nitrogen and oxygen atoms in total. The fraction of sp³-hybridized carbons (Fsp3) is 0.889. The van der Waals surface area contributed by atoms with E-state index in [1.807, 2.05) is 0 Å². The molecular weight excluding hydrogens is 152 g/mol. The summed E-state index contributed by atoms with van der Waals surface area (Å²) in [5.74, 6) is 0.614. The van der Waals surface area contributed by atoms with E-state index in [1.54, 1.807) is 7.05 Å². The topological polar surface area (TPSA) is 41.1 Å². The minimum atomic E-state index is 0.149. The van der Waals surface area contributed by atoms with Gasteiger partial charge in [0, 0.05) is 19.5 Å². The van der Waals surface area contributed by atoms with Gasteiger partial charge in [-0.05, 0) is 25.3 Å². The van der Waals surface area contributed by atoms with E-state index in [9.17, 15) is 4.79 Å². The molecule has 0 aliphatic carbocycles. The van der Waals surface area contributed by atoms with Gasteiger partial charge in [0.1, 0.15) is 0 Å². The van der Waals surface area contributed by atoms with Crippen LogP contribution in [0.1, 0.15) is 26.2 Å². The highest BCUT2D eigenvalue weighted by molar-refractivity contribution is 5.75. The molecule has 0 spiro atoms. The van der Waals surface area contributed by atoms with E-state index in [4.69, 9.17) is 0 Å². The van der Waals surface area contributed by atoms with Crippen molar-refractivity contribution in [3.8, 4) is 0 Å². The van der Waals surface area contributed by atoms with Crippen LogP contribution in [0.25, 0.3) is 0 Å². The van der Waals surface area contributed by atoms with Crippen LogP contribution in [-0.2, 0) is 4.79 Å². The standard InChI is InChI=1S/C9H18N2O/c1-7(6-9(12)10-2)8-4-3-5-11-8/h7-8,11H,3-6H2,1-2H3,(H,10,12)/t7-,8+/m0/s1. The number of carbonyl (C=O) groups is 1. The van der Waals surface area contributed by atoms with E-state index in [2.05, 4.69) is 17.6 Å². The predicted molar refractivity (Wildman–Crippen MR) is 48.9 cm³/mol. The first kappa shape index (κ1) is 9.52. The molecule has 0 aromatic heterocycles. The van der Waals surface area contributed by atoms with Crippen LogP contribution >= 0.6 is 0 Å². The van der Waals surface area contributed by atoms with Crippen molar-refractivity contribution in [3.63, 3.8) is 0 Å². The summed E-state index contributed by atoms with van der Waals surface area (Å²) in [6.07, 6.45) is 3.12. The first-order valence-electron chi connectivity index (χ1n) is 4.68. The van der Waals surface area contributed by atoms with Crippen molar-refractivity contribution >= 4 is 5.91 Å². The van der Waals surface area contributed by atoms with Crippen molar-refractivity contribution in [1.82, 2.24) is 10.6 Å². The van der Waals surface area contributed by atoms with Gasteiger partial charge in [-0.1, -0.05) is 6.92 Å². The van der Waals surface area contributed by atoms with E-state index >= 15 is 0 Å². The van der Waals surface area contributed by atoms with Gasteiger partial charge in [-0.3, -0.25) is 4.79 Å². The van der Waals surface area contributed by atoms with Gasteiger partial charge in [0.2, 0.25) is 5.91 Å². The van der Waals surface area contributed by atoms with Crippen molar-refractivity contribution in [2.75, 3.05) is 13.6 Å². The summed E-state index contributed by atoms with van der Waals surface area (Å²) in [5.41, 5.74) is 0. The van der Waals surface area contributed by atoms with Crippen LogP contribution in [0.4, 0.5) is 0 Å². The van der Waals surface area contributed by atoms with E-state index in [-0.39, 0.29) is 5.91 Å². The lowest BCUT2D eigenvalue weighted by molar-refractivity contribution is -0.121. The molecule has 1 aliphatic rings. The first-order valence-corrected chi connectivity index (χ1v) is 4.68. The SMILES string of the molecule is CNC(=O)C[C@H](C)[C@H]1CCCN1. The molecule has 70 valence electrons. The second-order valence-corrected chi connectivity index (χ2v) is 3.56. The number of rotatable bonds is 3. The molecule has 0 radical (unpaired) electrons. The van der Waals surface area contributed by atoms with Gasteiger partial charge in [-0.15, -0.1) is 0 Å². The van der Waals surface area contributed by atoms with Crippen molar-refractivity contribution in [2.45, 2.75) is 32.2 Å². The Morgan fingerprint density at radius 2 is 2.50 bits per heavy atom. The summed E-state index contributed by atoms with van der Waals surface area (Å²) >= 11 is 0. The molecule has 2 atom stereocenters. The van der Waals surface area contributed by atoms with Gasteiger partial charge in [0.15, 0.2) is 0 Å². The smallest absolute Gasteiger partial charge is 0.220 e. The first-order chi connectivity index (χ1) is 5.74. The monoisotopic (exact) mass is 170 g/mol. The molecule has 1 aliphatic heterocycles. The van der Waals surface area contributed by atoms with Gasteiger partial charge >= 0.3 is 0 Å². The Labute approximate surface area is 73.9 Å². The average Bonchev–Trinajstić information content (AvgIpc) is 2.56.